The third-order valence-corrected chi connectivity index (χ3v) is 4.05. The molecule has 2 fully saturated rings. The van der Waals surface area contributed by atoms with Crippen LogP contribution in [0.2, 0.25) is 0 Å². The maximum Gasteiger partial charge on any atom is 0.224 e. The van der Waals surface area contributed by atoms with E-state index in [1.807, 2.05) is 0 Å². The third kappa shape index (κ3) is 3.96. The van der Waals surface area contributed by atoms with E-state index in [0.29, 0.717) is 5.92 Å². The molecule has 0 aromatic rings. The summed E-state index contributed by atoms with van der Waals surface area (Å²) in [5.74, 6) is 0.945. The molecule has 1 aliphatic carbocycles. The zero-order valence-corrected chi connectivity index (χ0v) is 10.5. The molecular formula is C13H24N2O2. The molecule has 1 amide bonds. The predicted molar refractivity (Wildman–Crippen MR) is 66.6 cm³/mol. The van der Waals surface area contributed by atoms with Crippen molar-refractivity contribution in [2.24, 2.45) is 11.8 Å². The topological polar surface area (TPSA) is 61.4 Å². The summed E-state index contributed by atoms with van der Waals surface area (Å²) in [6.07, 6.45) is 5.89. The average Bonchev–Trinajstić information content (AvgIpc) is 2.39. The molecule has 2 aliphatic rings. The Bertz CT molecular complexity index is 244. The number of hydrogen-bond acceptors (Lipinski definition) is 3. The second kappa shape index (κ2) is 6.36. The van der Waals surface area contributed by atoms with Crippen molar-refractivity contribution in [2.45, 2.75) is 44.6 Å². The van der Waals surface area contributed by atoms with Crippen LogP contribution in [0.25, 0.3) is 0 Å². The Labute approximate surface area is 103 Å². The van der Waals surface area contributed by atoms with Crippen LogP contribution in [0.15, 0.2) is 0 Å². The molecule has 0 spiro atoms. The summed E-state index contributed by atoms with van der Waals surface area (Å²) in [7, 11) is 0. The molecule has 0 aromatic carbocycles. The molecule has 1 saturated carbocycles. The van der Waals surface area contributed by atoms with Crippen LogP contribution in [0.5, 0.6) is 0 Å². The van der Waals surface area contributed by atoms with E-state index in [-0.39, 0.29) is 17.9 Å². The van der Waals surface area contributed by atoms with Crippen molar-refractivity contribution in [3.8, 4) is 0 Å². The molecule has 0 radical (unpaired) electrons. The van der Waals surface area contributed by atoms with Crippen molar-refractivity contribution < 1.29 is 9.90 Å². The van der Waals surface area contributed by atoms with Crippen molar-refractivity contribution >= 4 is 5.91 Å². The van der Waals surface area contributed by atoms with Gasteiger partial charge in [-0.1, -0.05) is 0 Å². The third-order valence-electron chi connectivity index (χ3n) is 4.05. The van der Waals surface area contributed by atoms with Crippen LogP contribution in [-0.2, 0) is 4.79 Å². The van der Waals surface area contributed by atoms with Crippen LogP contribution in [0, 0.1) is 11.8 Å². The highest BCUT2D eigenvalue weighted by Crippen LogP contribution is 2.23. The Balaban J connectivity index is 1.65. The SMILES string of the molecule is O=C(NCC1CCC(O)CC1)C1CCCNC1. The van der Waals surface area contributed by atoms with Crippen LogP contribution < -0.4 is 10.6 Å². The van der Waals surface area contributed by atoms with E-state index in [2.05, 4.69) is 10.6 Å². The molecular weight excluding hydrogens is 216 g/mol. The smallest absolute Gasteiger partial charge is 0.224 e. The van der Waals surface area contributed by atoms with E-state index in [1.165, 1.54) is 0 Å². The zero-order valence-electron chi connectivity index (χ0n) is 10.5. The first-order valence-electron chi connectivity index (χ1n) is 6.92. The molecule has 1 aliphatic heterocycles. The monoisotopic (exact) mass is 240 g/mol. The fourth-order valence-corrected chi connectivity index (χ4v) is 2.81. The largest absolute Gasteiger partial charge is 0.393 e. The Morgan fingerprint density at radius 1 is 1.24 bits per heavy atom. The lowest BCUT2D eigenvalue weighted by molar-refractivity contribution is -0.125. The van der Waals surface area contributed by atoms with Gasteiger partial charge in [0.2, 0.25) is 5.91 Å². The summed E-state index contributed by atoms with van der Waals surface area (Å²) in [5.41, 5.74) is 0. The predicted octanol–water partition coefficient (Wildman–Crippen LogP) is 0.653. The Morgan fingerprint density at radius 2 is 2.00 bits per heavy atom. The van der Waals surface area contributed by atoms with Gasteiger partial charge < -0.3 is 15.7 Å². The molecule has 3 N–H and O–H groups in total. The summed E-state index contributed by atoms with van der Waals surface area (Å²) in [6.45, 7) is 2.67. The number of carbonyl (C=O) groups is 1. The molecule has 17 heavy (non-hydrogen) atoms. The van der Waals surface area contributed by atoms with Gasteiger partial charge in [0, 0.05) is 13.1 Å². The first-order chi connectivity index (χ1) is 8.25. The van der Waals surface area contributed by atoms with Gasteiger partial charge >= 0.3 is 0 Å². The summed E-state index contributed by atoms with van der Waals surface area (Å²) < 4.78 is 0. The fourth-order valence-electron chi connectivity index (χ4n) is 2.81. The van der Waals surface area contributed by atoms with E-state index < -0.39 is 0 Å². The van der Waals surface area contributed by atoms with Crippen LogP contribution >= 0.6 is 0 Å². The van der Waals surface area contributed by atoms with Gasteiger partial charge in [0.1, 0.15) is 0 Å². The number of piperidine rings is 1. The summed E-state index contributed by atoms with van der Waals surface area (Å²) in [6, 6.07) is 0. The first-order valence-corrected chi connectivity index (χ1v) is 6.92. The number of hydrogen-bond donors (Lipinski definition) is 3. The van der Waals surface area contributed by atoms with Gasteiger partial charge in [-0.25, -0.2) is 0 Å². The van der Waals surface area contributed by atoms with E-state index in [1.54, 1.807) is 0 Å². The van der Waals surface area contributed by atoms with E-state index in [4.69, 9.17) is 0 Å². The zero-order chi connectivity index (χ0) is 12.1. The van der Waals surface area contributed by atoms with Crippen LogP contribution in [0.4, 0.5) is 0 Å². The van der Waals surface area contributed by atoms with Crippen molar-refractivity contribution in [1.29, 1.82) is 0 Å². The highest BCUT2D eigenvalue weighted by atomic mass is 16.3. The molecule has 2 rings (SSSR count). The summed E-state index contributed by atoms with van der Waals surface area (Å²) in [4.78, 5) is 11.9. The molecule has 1 atom stereocenters. The van der Waals surface area contributed by atoms with Gasteiger partial charge in [-0.05, 0) is 51.0 Å². The molecule has 0 bridgehead atoms. The van der Waals surface area contributed by atoms with Crippen molar-refractivity contribution in [3.05, 3.63) is 0 Å². The second-order valence-electron chi connectivity index (χ2n) is 5.46. The Kier molecular flexibility index (Phi) is 4.80. The lowest BCUT2D eigenvalue weighted by Gasteiger charge is -2.27. The van der Waals surface area contributed by atoms with Gasteiger partial charge in [-0.15, -0.1) is 0 Å². The Hall–Kier alpha value is -0.610. The van der Waals surface area contributed by atoms with Crippen LogP contribution in [0.1, 0.15) is 38.5 Å². The highest BCUT2D eigenvalue weighted by molar-refractivity contribution is 5.78. The lowest BCUT2D eigenvalue weighted by Crippen LogP contribution is -2.42. The molecule has 1 saturated heterocycles. The van der Waals surface area contributed by atoms with Crippen molar-refractivity contribution in [2.75, 3.05) is 19.6 Å². The van der Waals surface area contributed by atoms with E-state index >= 15 is 0 Å². The van der Waals surface area contributed by atoms with Crippen molar-refractivity contribution in [3.63, 3.8) is 0 Å². The number of amides is 1. The number of aliphatic hydroxyl groups excluding tert-OH is 1. The number of carbonyl (C=O) groups excluding carboxylic acids is 1. The standard InChI is InChI=1S/C13H24N2O2/c16-12-5-3-10(4-6-12)8-15-13(17)11-2-1-7-14-9-11/h10-12,14,16H,1-9H2,(H,15,17). The van der Waals surface area contributed by atoms with Crippen LogP contribution in [0.3, 0.4) is 0 Å². The molecule has 1 heterocycles. The lowest BCUT2D eigenvalue weighted by atomic mass is 9.87. The van der Waals surface area contributed by atoms with Crippen molar-refractivity contribution in [1.82, 2.24) is 10.6 Å². The number of nitrogens with one attached hydrogen (secondary N) is 2. The minimum Gasteiger partial charge on any atom is -0.393 e. The van der Waals surface area contributed by atoms with Gasteiger partial charge in [0.05, 0.1) is 12.0 Å². The number of aliphatic hydroxyl groups is 1. The number of rotatable bonds is 3. The maximum atomic E-state index is 11.9. The van der Waals surface area contributed by atoms with E-state index in [9.17, 15) is 9.90 Å². The second-order valence-corrected chi connectivity index (χ2v) is 5.46. The van der Waals surface area contributed by atoms with Crippen LogP contribution in [-0.4, -0.2) is 36.8 Å². The minimum absolute atomic E-state index is 0.107. The molecule has 1 unspecified atom stereocenters. The van der Waals surface area contributed by atoms with E-state index in [0.717, 1.165) is 58.2 Å². The molecule has 0 aromatic heterocycles. The van der Waals surface area contributed by atoms with Gasteiger partial charge in [0.25, 0.3) is 0 Å². The normalized spacial score (nSPS) is 34.3. The van der Waals surface area contributed by atoms with Gasteiger partial charge in [-0.3, -0.25) is 4.79 Å². The average molecular weight is 240 g/mol. The Morgan fingerprint density at radius 3 is 2.65 bits per heavy atom. The van der Waals surface area contributed by atoms with Gasteiger partial charge in [0.15, 0.2) is 0 Å². The quantitative estimate of drug-likeness (QED) is 0.679. The maximum absolute atomic E-state index is 11.9. The fraction of sp³-hybridized carbons (Fsp3) is 0.923. The molecule has 4 heteroatoms. The summed E-state index contributed by atoms with van der Waals surface area (Å²) in [5, 5.41) is 15.8. The summed E-state index contributed by atoms with van der Waals surface area (Å²) >= 11 is 0. The first kappa shape index (κ1) is 12.8. The van der Waals surface area contributed by atoms with Gasteiger partial charge in [-0.2, -0.15) is 0 Å². The molecule has 4 nitrogen and oxygen atoms in total. The highest BCUT2D eigenvalue weighted by Gasteiger charge is 2.23. The minimum atomic E-state index is -0.107. The molecule has 98 valence electrons.